The number of primary amides is 1. The first-order valence-corrected chi connectivity index (χ1v) is 10.5. The van der Waals surface area contributed by atoms with Gasteiger partial charge in [-0.05, 0) is 12.0 Å². The highest BCUT2D eigenvalue weighted by atomic mass is 32.1. The number of rotatable bonds is 5. The number of carbonyl (C=O) groups is 2. The molecule has 10 heteroatoms. The summed E-state index contributed by atoms with van der Waals surface area (Å²) in [4.78, 5) is 31.2. The van der Waals surface area contributed by atoms with Crippen molar-refractivity contribution in [3.05, 3.63) is 28.1 Å². The molecular weight excluding hydrogens is 412 g/mol. The quantitative estimate of drug-likeness (QED) is 0.642. The third kappa shape index (κ3) is 3.49. The van der Waals surface area contributed by atoms with Gasteiger partial charge in [0.2, 0.25) is 5.91 Å². The SMILES string of the molecule is COc1cc2nc(Nc3sc4c(c3C(N)=O)CCN(C(C)=O)C4)sc2cc1OC. The van der Waals surface area contributed by atoms with Crippen LogP contribution in [0.3, 0.4) is 0 Å². The summed E-state index contributed by atoms with van der Waals surface area (Å²) in [6, 6.07) is 3.69. The van der Waals surface area contributed by atoms with Gasteiger partial charge < -0.3 is 25.4 Å². The van der Waals surface area contributed by atoms with Crippen molar-refractivity contribution in [3.8, 4) is 11.5 Å². The number of thiazole rings is 1. The summed E-state index contributed by atoms with van der Waals surface area (Å²) in [6.07, 6.45) is 0.611. The maximum Gasteiger partial charge on any atom is 0.251 e. The number of ether oxygens (including phenoxy) is 2. The van der Waals surface area contributed by atoms with Crippen LogP contribution in [0.25, 0.3) is 10.2 Å². The molecule has 0 radical (unpaired) electrons. The summed E-state index contributed by atoms with van der Waals surface area (Å²) in [7, 11) is 3.17. The molecule has 0 bridgehead atoms. The number of anilines is 2. The van der Waals surface area contributed by atoms with Gasteiger partial charge in [0.1, 0.15) is 5.00 Å². The Morgan fingerprint density at radius 1 is 1.21 bits per heavy atom. The van der Waals surface area contributed by atoms with Crippen LogP contribution >= 0.6 is 22.7 Å². The highest BCUT2D eigenvalue weighted by Gasteiger charge is 2.28. The van der Waals surface area contributed by atoms with E-state index in [1.807, 2.05) is 12.1 Å². The molecule has 0 atom stereocenters. The molecule has 1 aromatic carbocycles. The Kier molecular flexibility index (Phi) is 5.05. The summed E-state index contributed by atoms with van der Waals surface area (Å²) in [6.45, 7) is 2.63. The number of fused-ring (bicyclic) bond motifs is 2. The van der Waals surface area contributed by atoms with E-state index in [4.69, 9.17) is 15.2 Å². The maximum absolute atomic E-state index is 12.2. The molecule has 3 heterocycles. The van der Waals surface area contributed by atoms with Gasteiger partial charge in [-0.25, -0.2) is 4.98 Å². The first kappa shape index (κ1) is 19.5. The number of methoxy groups -OCH3 is 2. The van der Waals surface area contributed by atoms with E-state index < -0.39 is 5.91 Å². The molecule has 0 aliphatic carbocycles. The van der Waals surface area contributed by atoms with Gasteiger partial charge in [-0.2, -0.15) is 0 Å². The van der Waals surface area contributed by atoms with E-state index >= 15 is 0 Å². The topological polar surface area (TPSA) is 107 Å². The lowest BCUT2D eigenvalue weighted by molar-refractivity contribution is -0.129. The van der Waals surface area contributed by atoms with Gasteiger partial charge in [-0.15, -0.1) is 11.3 Å². The van der Waals surface area contributed by atoms with E-state index in [1.165, 1.54) is 22.7 Å². The van der Waals surface area contributed by atoms with Crippen molar-refractivity contribution in [1.29, 1.82) is 0 Å². The average Bonchev–Trinajstić information content (AvgIpc) is 3.25. The van der Waals surface area contributed by atoms with Crippen molar-refractivity contribution >= 4 is 54.8 Å². The van der Waals surface area contributed by atoms with Crippen LogP contribution in [-0.2, 0) is 17.8 Å². The fourth-order valence-electron chi connectivity index (χ4n) is 3.43. The van der Waals surface area contributed by atoms with Gasteiger partial charge in [0.05, 0.1) is 36.5 Å². The standard InChI is InChI=1S/C19H20N4O4S2/c1-9(24)23-5-4-10-15(8-23)28-18(16(10)17(20)25)22-19-21-11-6-12(26-2)13(27-3)7-14(11)29-19/h6-7H,4-5,8H2,1-3H3,(H2,20,25)(H,21,22). The molecule has 1 aliphatic heterocycles. The summed E-state index contributed by atoms with van der Waals surface area (Å²) in [5, 5.41) is 4.56. The fourth-order valence-corrected chi connectivity index (χ4v) is 5.64. The van der Waals surface area contributed by atoms with Crippen LogP contribution in [-0.4, -0.2) is 42.5 Å². The van der Waals surface area contributed by atoms with Crippen LogP contribution in [0.15, 0.2) is 12.1 Å². The second-order valence-electron chi connectivity index (χ2n) is 6.58. The maximum atomic E-state index is 12.2. The van der Waals surface area contributed by atoms with E-state index in [2.05, 4.69) is 10.3 Å². The van der Waals surface area contributed by atoms with E-state index in [1.54, 1.807) is 26.0 Å². The van der Waals surface area contributed by atoms with Crippen LogP contribution in [0, 0.1) is 0 Å². The van der Waals surface area contributed by atoms with Crippen molar-refractivity contribution in [2.24, 2.45) is 5.73 Å². The number of aromatic nitrogens is 1. The largest absolute Gasteiger partial charge is 0.493 e. The zero-order chi connectivity index (χ0) is 20.7. The highest BCUT2D eigenvalue weighted by molar-refractivity contribution is 7.23. The van der Waals surface area contributed by atoms with Crippen LogP contribution in [0.5, 0.6) is 11.5 Å². The predicted molar refractivity (Wildman–Crippen MR) is 114 cm³/mol. The Balaban J connectivity index is 1.71. The molecule has 0 saturated carbocycles. The summed E-state index contributed by atoms with van der Waals surface area (Å²) in [5.74, 6) is 0.772. The molecule has 1 aliphatic rings. The van der Waals surface area contributed by atoms with Gasteiger partial charge in [0, 0.05) is 30.5 Å². The minimum Gasteiger partial charge on any atom is -0.493 e. The minimum absolute atomic E-state index is 0.0215. The van der Waals surface area contributed by atoms with Crippen molar-refractivity contribution in [1.82, 2.24) is 9.88 Å². The Labute approximate surface area is 175 Å². The van der Waals surface area contributed by atoms with Crippen LogP contribution in [0.2, 0.25) is 0 Å². The van der Waals surface area contributed by atoms with Gasteiger partial charge in [0.15, 0.2) is 16.6 Å². The lowest BCUT2D eigenvalue weighted by Gasteiger charge is -2.25. The molecule has 2 amide bonds. The molecule has 0 unspecified atom stereocenters. The number of benzene rings is 1. The number of hydrogen-bond donors (Lipinski definition) is 2. The Morgan fingerprint density at radius 2 is 1.93 bits per heavy atom. The van der Waals surface area contributed by atoms with Crippen LogP contribution in [0.1, 0.15) is 27.7 Å². The van der Waals surface area contributed by atoms with E-state index in [9.17, 15) is 9.59 Å². The van der Waals surface area contributed by atoms with Gasteiger partial charge in [-0.3, -0.25) is 9.59 Å². The number of nitrogens with one attached hydrogen (secondary N) is 1. The highest BCUT2D eigenvalue weighted by Crippen LogP contribution is 2.41. The zero-order valence-corrected chi connectivity index (χ0v) is 17.8. The van der Waals surface area contributed by atoms with E-state index in [-0.39, 0.29) is 5.91 Å². The number of amides is 2. The van der Waals surface area contributed by atoms with E-state index in [0.29, 0.717) is 46.7 Å². The molecule has 29 heavy (non-hydrogen) atoms. The summed E-state index contributed by atoms with van der Waals surface area (Å²) in [5.41, 5.74) is 7.85. The minimum atomic E-state index is -0.481. The first-order chi connectivity index (χ1) is 13.9. The molecule has 0 spiro atoms. The second kappa shape index (κ2) is 7.53. The van der Waals surface area contributed by atoms with Gasteiger partial charge >= 0.3 is 0 Å². The van der Waals surface area contributed by atoms with Crippen molar-refractivity contribution < 1.29 is 19.1 Å². The number of nitrogens with zero attached hydrogens (tertiary/aromatic N) is 2. The lowest BCUT2D eigenvalue weighted by atomic mass is 10.0. The molecule has 2 aromatic heterocycles. The van der Waals surface area contributed by atoms with E-state index in [0.717, 1.165) is 20.7 Å². The van der Waals surface area contributed by atoms with Gasteiger partial charge in [0.25, 0.3) is 5.91 Å². The lowest BCUT2D eigenvalue weighted by Crippen LogP contribution is -2.34. The molecule has 0 fully saturated rings. The molecule has 8 nitrogen and oxygen atoms in total. The fraction of sp³-hybridized carbons (Fsp3) is 0.316. The van der Waals surface area contributed by atoms with Gasteiger partial charge in [-0.1, -0.05) is 11.3 Å². The molecule has 3 aromatic rings. The molecule has 152 valence electrons. The number of nitrogens with two attached hydrogens (primary N) is 1. The Bertz CT molecular complexity index is 1080. The Hall–Kier alpha value is -2.85. The Morgan fingerprint density at radius 3 is 2.59 bits per heavy atom. The molecule has 4 rings (SSSR count). The molecular formula is C19H20N4O4S2. The summed E-state index contributed by atoms with van der Waals surface area (Å²) >= 11 is 2.89. The monoisotopic (exact) mass is 432 g/mol. The van der Waals surface area contributed by atoms with Crippen LogP contribution < -0.4 is 20.5 Å². The number of carbonyl (C=O) groups excluding carboxylic acids is 2. The van der Waals surface area contributed by atoms with Crippen LogP contribution in [0.4, 0.5) is 10.1 Å². The zero-order valence-electron chi connectivity index (χ0n) is 16.2. The second-order valence-corrected chi connectivity index (χ2v) is 8.72. The normalized spacial score (nSPS) is 13.3. The summed E-state index contributed by atoms with van der Waals surface area (Å²) < 4.78 is 11.6. The first-order valence-electron chi connectivity index (χ1n) is 8.90. The van der Waals surface area contributed by atoms with Crippen molar-refractivity contribution in [3.63, 3.8) is 0 Å². The average molecular weight is 433 g/mol. The third-order valence-corrected chi connectivity index (χ3v) is 6.93. The molecule has 3 N–H and O–H groups in total. The van der Waals surface area contributed by atoms with Crippen molar-refractivity contribution in [2.75, 3.05) is 26.1 Å². The predicted octanol–water partition coefficient (Wildman–Crippen LogP) is 3.12. The third-order valence-electron chi connectivity index (χ3n) is 4.86. The van der Waals surface area contributed by atoms with Crippen molar-refractivity contribution in [2.45, 2.75) is 19.9 Å². The smallest absolute Gasteiger partial charge is 0.251 e. The number of thiophene rings is 1. The number of hydrogen-bond acceptors (Lipinski definition) is 8. The molecule has 0 saturated heterocycles.